The second-order valence-electron chi connectivity index (χ2n) is 5.60. The van der Waals surface area contributed by atoms with Gasteiger partial charge in [-0.1, -0.05) is 27.7 Å². The molecule has 0 saturated carbocycles. The van der Waals surface area contributed by atoms with Gasteiger partial charge in [0.2, 0.25) is 0 Å². The lowest BCUT2D eigenvalue weighted by molar-refractivity contribution is 0.274. The minimum atomic E-state index is 0.300. The Labute approximate surface area is 104 Å². The molecule has 0 amide bonds. The maximum atomic E-state index is 5.95. The third kappa shape index (κ3) is 3.84. The molecule has 3 heteroatoms. The van der Waals surface area contributed by atoms with Crippen molar-refractivity contribution in [2.75, 3.05) is 24.7 Å². The lowest BCUT2D eigenvalue weighted by Gasteiger charge is -2.28. The van der Waals surface area contributed by atoms with Crippen LogP contribution in [0, 0.1) is 11.3 Å². The van der Waals surface area contributed by atoms with E-state index in [-0.39, 0.29) is 0 Å². The molecule has 0 radical (unpaired) electrons. The lowest BCUT2D eigenvalue weighted by Crippen LogP contribution is -2.25. The molecule has 0 heterocycles. The second kappa shape index (κ2) is 5.30. The highest BCUT2D eigenvalue weighted by molar-refractivity contribution is 5.68. The summed E-state index contributed by atoms with van der Waals surface area (Å²) < 4.78 is 5.12. The van der Waals surface area contributed by atoms with Crippen LogP contribution in [0.15, 0.2) is 18.2 Å². The van der Waals surface area contributed by atoms with Crippen LogP contribution in [0.5, 0.6) is 5.75 Å². The third-order valence-electron chi connectivity index (χ3n) is 3.34. The second-order valence-corrected chi connectivity index (χ2v) is 5.60. The van der Waals surface area contributed by atoms with E-state index in [2.05, 4.69) is 33.0 Å². The summed E-state index contributed by atoms with van der Waals surface area (Å²) in [4.78, 5) is 0. The molecule has 0 bridgehead atoms. The highest BCUT2D eigenvalue weighted by atomic mass is 16.5. The van der Waals surface area contributed by atoms with Crippen LogP contribution < -0.4 is 15.8 Å². The first-order valence-corrected chi connectivity index (χ1v) is 6.02. The van der Waals surface area contributed by atoms with Crippen molar-refractivity contribution in [3.63, 3.8) is 0 Å². The Balaban J connectivity index is 2.64. The highest BCUT2D eigenvalue weighted by Gasteiger charge is 2.19. The molecule has 0 spiro atoms. The molecule has 0 aromatic heterocycles. The number of rotatable bonds is 4. The minimum Gasteiger partial charge on any atom is -0.497 e. The average molecular weight is 236 g/mol. The van der Waals surface area contributed by atoms with Gasteiger partial charge in [0.25, 0.3) is 0 Å². The molecule has 1 aromatic rings. The van der Waals surface area contributed by atoms with Gasteiger partial charge in [0.05, 0.1) is 18.5 Å². The topological polar surface area (TPSA) is 47.3 Å². The quantitative estimate of drug-likeness (QED) is 0.788. The van der Waals surface area contributed by atoms with Crippen molar-refractivity contribution in [1.82, 2.24) is 0 Å². The molecule has 0 fully saturated rings. The van der Waals surface area contributed by atoms with E-state index >= 15 is 0 Å². The van der Waals surface area contributed by atoms with Gasteiger partial charge in [-0.05, 0) is 23.5 Å². The van der Waals surface area contributed by atoms with Gasteiger partial charge in [-0.2, -0.15) is 0 Å². The number of nitrogen functional groups attached to an aromatic ring is 1. The molecule has 96 valence electrons. The first-order chi connectivity index (χ1) is 7.84. The van der Waals surface area contributed by atoms with E-state index < -0.39 is 0 Å². The van der Waals surface area contributed by atoms with Gasteiger partial charge in [0.1, 0.15) is 5.75 Å². The molecule has 17 heavy (non-hydrogen) atoms. The fourth-order valence-corrected chi connectivity index (χ4v) is 1.40. The van der Waals surface area contributed by atoms with Crippen LogP contribution in [-0.4, -0.2) is 13.7 Å². The average Bonchev–Trinajstić information content (AvgIpc) is 2.25. The molecule has 0 aliphatic carbocycles. The number of methoxy groups -OCH3 is 1. The maximum absolute atomic E-state index is 5.95. The van der Waals surface area contributed by atoms with Gasteiger partial charge in [-0.3, -0.25) is 0 Å². The number of nitrogens with one attached hydrogen (secondary N) is 1. The molecule has 1 atom stereocenters. The van der Waals surface area contributed by atoms with Gasteiger partial charge < -0.3 is 15.8 Å². The van der Waals surface area contributed by atoms with Crippen molar-refractivity contribution in [2.45, 2.75) is 27.7 Å². The SMILES string of the molecule is COc1ccc(NCC(C)C(C)(C)C)c(N)c1. The summed E-state index contributed by atoms with van der Waals surface area (Å²) in [5, 5.41) is 3.39. The molecule has 3 N–H and O–H groups in total. The van der Waals surface area contributed by atoms with Crippen LogP contribution in [0.1, 0.15) is 27.7 Å². The normalized spacial score (nSPS) is 13.2. The number of benzene rings is 1. The standard InChI is InChI=1S/C14H24N2O/c1-10(14(2,3)4)9-16-13-7-6-11(17-5)8-12(13)15/h6-8,10,16H,9,15H2,1-5H3. The summed E-state index contributed by atoms with van der Waals surface area (Å²) >= 11 is 0. The van der Waals surface area contributed by atoms with Gasteiger partial charge >= 0.3 is 0 Å². The number of ether oxygens (including phenoxy) is 1. The Morgan fingerprint density at radius 2 is 2.00 bits per heavy atom. The van der Waals surface area contributed by atoms with E-state index in [0.29, 0.717) is 11.3 Å². The largest absolute Gasteiger partial charge is 0.497 e. The molecule has 0 saturated heterocycles. The van der Waals surface area contributed by atoms with Crippen LogP contribution in [0.2, 0.25) is 0 Å². The van der Waals surface area contributed by atoms with Gasteiger partial charge in [0, 0.05) is 12.6 Å². The summed E-state index contributed by atoms with van der Waals surface area (Å²) in [5.41, 5.74) is 7.95. The predicted octanol–water partition coefficient (Wildman–Crippen LogP) is 3.37. The molecule has 1 unspecified atom stereocenters. The zero-order valence-corrected chi connectivity index (χ0v) is 11.5. The third-order valence-corrected chi connectivity index (χ3v) is 3.34. The fourth-order valence-electron chi connectivity index (χ4n) is 1.40. The van der Waals surface area contributed by atoms with Crippen molar-refractivity contribution in [3.8, 4) is 5.75 Å². The van der Waals surface area contributed by atoms with E-state index in [0.717, 1.165) is 23.7 Å². The summed E-state index contributed by atoms with van der Waals surface area (Å²) in [6.07, 6.45) is 0. The van der Waals surface area contributed by atoms with Crippen molar-refractivity contribution in [2.24, 2.45) is 11.3 Å². The molecule has 0 aliphatic rings. The smallest absolute Gasteiger partial charge is 0.121 e. The predicted molar refractivity (Wildman–Crippen MR) is 74.5 cm³/mol. The van der Waals surface area contributed by atoms with Crippen LogP contribution in [0.25, 0.3) is 0 Å². The van der Waals surface area contributed by atoms with Gasteiger partial charge in [-0.25, -0.2) is 0 Å². The van der Waals surface area contributed by atoms with Crippen molar-refractivity contribution < 1.29 is 4.74 Å². The maximum Gasteiger partial charge on any atom is 0.121 e. The lowest BCUT2D eigenvalue weighted by atomic mass is 9.82. The molecular formula is C14H24N2O. The van der Waals surface area contributed by atoms with Gasteiger partial charge in [0.15, 0.2) is 0 Å². The van der Waals surface area contributed by atoms with Crippen molar-refractivity contribution in [3.05, 3.63) is 18.2 Å². The van der Waals surface area contributed by atoms with Gasteiger partial charge in [-0.15, -0.1) is 0 Å². The van der Waals surface area contributed by atoms with E-state index in [1.165, 1.54) is 0 Å². The summed E-state index contributed by atoms with van der Waals surface area (Å²) in [7, 11) is 1.64. The number of hydrogen-bond acceptors (Lipinski definition) is 3. The molecule has 1 rings (SSSR count). The summed E-state index contributed by atoms with van der Waals surface area (Å²) in [6, 6.07) is 5.72. The Kier molecular flexibility index (Phi) is 4.27. The molecule has 3 nitrogen and oxygen atoms in total. The van der Waals surface area contributed by atoms with Crippen molar-refractivity contribution >= 4 is 11.4 Å². The zero-order valence-electron chi connectivity index (χ0n) is 11.5. The molecular weight excluding hydrogens is 212 g/mol. The molecule has 0 aliphatic heterocycles. The molecule has 1 aromatic carbocycles. The zero-order chi connectivity index (χ0) is 13.1. The highest BCUT2D eigenvalue weighted by Crippen LogP contribution is 2.28. The number of anilines is 2. The fraction of sp³-hybridized carbons (Fsp3) is 0.571. The van der Waals surface area contributed by atoms with Crippen LogP contribution >= 0.6 is 0 Å². The van der Waals surface area contributed by atoms with E-state index in [1.54, 1.807) is 7.11 Å². The van der Waals surface area contributed by atoms with Crippen molar-refractivity contribution in [1.29, 1.82) is 0 Å². The first kappa shape index (κ1) is 13.7. The first-order valence-electron chi connectivity index (χ1n) is 6.02. The minimum absolute atomic E-state index is 0.300. The Morgan fingerprint density at radius 3 is 2.47 bits per heavy atom. The van der Waals surface area contributed by atoms with Crippen LogP contribution in [0.3, 0.4) is 0 Å². The summed E-state index contributed by atoms with van der Waals surface area (Å²) in [6.45, 7) is 9.90. The Hall–Kier alpha value is -1.38. The Morgan fingerprint density at radius 1 is 1.35 bits per heavy atom. The van der Waals surface area contributed by atoms with E-state index in [9.17, 15) is 0 Å². The van der Waals surface area contributed by atoms with Crippen LogP contribution in [-0.2, 0) is 0 Å². The summed E-state index contributed by atoms with van der Waals surface area (Å²) in [5.74, 6) is 1.36. The van der Waals surface area contributed by atoms with E-state index in [4.69, 9.17) is 10.5 Å². The van der Waals surface area contributed by atoms with Crippen LogP contribution in [0.4, 0.5) is 11.4 Å². The monoisotopic (exact) mass is 236 g/mol. The number of nitrogens with two attached hydrogens (primary N) is 1. The van der Waals surface area contributed by atoms with E-state index in [1.807, 2.05) is 18.2 Å². The number of hydrogen-bond donors (Lipinski definition) is 2. The Bertz CT molecular complexity index is 369.